The molecule has 2 N–H and O–H groups in total. The first-order chi connectivity index (χ1) is 7.54. The Morgan fingerprint density at radius 2 is 2.06 bits per heavy atom. The van der Waals surface area contributed by atoms with E-state index in [9.17, 15) is 4.79 Å². The van der Waals surface area contributed by atoms with Crippen molar-refractivity contribution in [3.8, 4) is 0 Å². The molecule has 86 valence electrons. The normalized spacial score (nSPS) is 30.4. The fraction of sp³-hybridized carbons (Fsp3) is 0.500. The Balaban J connectivity index is 2.44. The second-order valence-corrected chi connectivity index (χ2v) is 5.06. The van der Waals surface area contributed by atoms with Gasteiger partial charge in [0, 0.05) is 6.42 Å². The molecule has 2 heteroatoms. The molecular weight excluding hydrogens is 198 g/mol. The van der Waals surface area contributed by atoms with Crippen LogP contribution in [-0.4, -0.2) is 5.78 Å². The number of hydrogen-bond acceptors (Lipinski definition) is 2. The molecule has 0 aromatic heterocycles. The smallest absolute Gasteiger partial charge is 0.157 e. The lowest BCUT2D eigenvalue weighted by Gasteiger charge is -2.36. The molecule has 2 atom stereocenters. The van der Waals surface area contributed by atoms with Gasteiger partial charge in [-0.1, -0.05) is 31.2 Å². The van der Waals surface area contributed by atoms with E-state index >= 15 is 0 Å². The number of Topliss-reactive ketones (excluding diaryl/α,β-unsaturated/α-hetero) is 1. The third-order valence-corrected chi connectivity index (χ3v) is 3.66. The summed E-state index contributed by atoms with van der Waals surface area (Å²) in [5.41, 5.74) is 7.74. The highest BCUT2D eigenvalue weighted by molar-refractivity contribution is 5.90. The summed E-state index contributed by atoms with van der Waals surface area (Å²) >= 11 is 0. The Morgan fingerprint density at radius 3 is 2.75 bits per heavy atom. The first-order valence-electron chi connectivity index (χ1n) is 5.92. The summed E-state index contributed by atoms with van der Waals surface area (Å²) < 4.78 is 0. The van der Waals surface area contributed by atoms with Crippen LogP contribution >= 0.6 is 0 Å². The van der Waals surface area contributed by atoms with Crippen LogP contribution in [-0.2, 0) is 10.3 Å². The second kappa shape index (κ2) is 4.02. The van der Waals surface area contributed by atoms with Crippen molar-refractivity contribution >= 4 is 5.78 Å². The van der Waals surface area contributed by atoms with E-state index in [0.717, 1.165) is 24.0 Å². The number of carbonyl (C=O) groups is 1. The van der Waals surface area contributed by atoms with Gasteiger partial charge in [-0.25, -0.2) is 0 Å². The molecule has 0 bridgehead atoms. The minimum Gasteiger partial charge on any atom is -0.315 e. The predicted molar refractivity (Wildman–Crippen MR) is 65.1 cm³/mol. The molecule has 2 nitrogen and oxygen atoms in total. The van der Waals surface area contributed by atoms with Crippen LogP contribution < -0.4 is 5.73 Å². The van der Waals surface area contributed by atoms with Crippen LogP contribution in [0.5, 0.6) is 0 Å². The van der Waals surface area contributed by atoms with Gasteiger partial charge in [0.15, 0.2) is 5.78 Å². The summed E-state index contributed by atoms with van der Waals surface area (Å²) in [6.07, 6.45) is 2.37. The lowest BCUT2D eigenvalue weighted by atomic mass is 9.71. The van der Waals surface area contributed by atoms with E-state index in [-0.39, 0.29) is 5.78 Å². The molecule has 0 amide bonds. The molecule has 0 radical (unpaired) electrons. The molecule has 1 aromatic rings. The number of ketones is 1. The number of rotatable bonds is 1. The van der Waals surface area contributed by atoms with E-state index in [1.165, 1.54) is 0 Å². The fourth-order valence-electron chi connectivity index (χ4n) is 2.70. The molecule has 2 rings (SSSR count). The van der Waals surface area contributed by atoms with E-state index in [1.54, 1.807) is 0 Å². The maximum absolute atomic E-state index is 12.1. The Morgan fingerprint density at radius 1 is 1.38 bits per heavy atom. The number of carbonyl (C=O) groups excluding carboxylic acids is 1. The Hall–Kier alpha value is -1.15. The quantitative estimate of drug-likeness (QED) is 0.785. The van der Waals surface area contributed by atoms with Crippen LogP contribution in [0.4, 0.5) is 0 Å². The molecular formula is C14H19NO. The Bertz CT molecular complexity index is 413. The maximum Gasteiger partial charge on any atom is 0.157 e. The van der Waals surface area contributed by atoms with E-state index in [1.807, 2.05) is 31.2 Å². The summed E-state index contributed by atoms with van der Waals surface area (Å²) in [6, 6.07) is 7.96. The number of hydrogen-bond donors (Lipinski definition) is 1. The standard InChI is InChI=1S/C14H19NO/c1-10-7-8-13(16)14(15,9-10)12-6-4-3-5-11(12)2/h3-6,10H,7-9,15H2,1-2H3. The monoisotopic (exact) mass is 217 g/mol. The van der Waals surface area contributed by atoms with Crippen LogP contribution in [0.25, 0.3) is 0 Å². The van der Waals surface area contributed by atoms with Gasteiger partial charge in [0.05, 0.1) is 0 Å². The third kappa shape index (κ3) is 1.78. The highest BCUT2D eigenvalue weighted by Gasteiger charge is 2.40. The van der Waals surface area contributed by atoms with Crippen molar-refractivity contribution < 1.29 is 4.79 Å². The molecule has 0 heterocycles. The van der Waals surface area contributed by atoms with Gasteiger partial charge in [0.25, 0.3) is 0 Å². The van der Waals surface area contributed by atoms with Gasteiger partial charge >= 0.3 is 0 Å². The zero-order valence-corrected chi connectivity index (χ0v) is 9.99. The molecule has 1 aliphatic carbocycles. The average molecular weight is 217 g/mol. The first-order valence-corrected chi connectivity index (χ1v) is 5.92. The van der Waals surface area contributed by atoms with Crippen molar-refractivity contribution in [2.24, 2.45) is 11.7 Å². The summed E-state index contributed by atoms with van der Waals surface area (Å²) in [7, 11) is 0. The van der Waals surface area contributed by atoms with Crippen molar-refractivity contribution in [2.75, 3.05) is 0 Å². The van der Waals surface area contributed by atoms with Crippen LogP contribution in [0.3, 0.4) is 0 Å². The molecule has 16 heavy (non-hydrogen) atoms. The van der Waals surface area contributed by atoms with Crippen LogP contribution in [0.2, 0.25) is 0 Å². The molecule has 0 aliphatic heterocycles. The second-order valence-electron chi connectivity index (χ2n) is 5.06. The molecule has 1 aliphatic rings. The van der Waals surface area contributed by atoms with Crippen LogP contribution in [0.15, 0.2) is 24.3 Å². The lowest BCUT2D eigenvalue weighted by Crippen LogP contribution is -2.49. The topological polar surface area (TPSA) is 43.1 Å². The maximum atomic E-state index is 12.1. The number of aryl methyl sites for hydroxylation is 1. The molecule has 1 fully saturated rings. The van der Waals surface area contributed by atoms with Gasteiger partial charge < -0.3 is 5.73 Å². The summed E-state index contributed by atoms with van der Waals surface area (Å²) in [5, 5.41) is 0. The Kier molecular flexibility index (Phi) is 2.85. The highest BCUT2D eigenvalue weighted by Crippen LogP contribution is 2.36. The minimum absolute atomic E-state index is 0.194. The predicted octanol–water partition coefficient (Wildman–Crippen LogP) is 2.54. The molecule has 0 spiro atoms. The minimum atomic E-state index is -0.747. The average Bonchev–Trinajstić information content (AvgIpc) is 2.24. The van der Waals surface area contributed by atoms with E-state index in [0.29, 0.717) is 12.3 Å². The van der Waals surface area contributed by atoms with E-state index < -0.39 is 5.54 Å². The highest BCUT2D eigenvalue weighted by atomic mass is 16.1. The third-order valence-electron chi connectivity index (χ3n) is 3.66. The summed E-state index contributed by atoms with van der Waals surface area (Å²) in [4.78, 5) is 12.1. The van der Waals surface area contributed by atoms with Crippen molar-refractivity contribution in [2.45, 2.75) is 38.6 Å². The summed E-state index contributed by atoms with van der Waals surface area (Å²) in [6.45, 7) is 4.20. The largest absolute Gasteiger partial charge is 0.315 e. The lowest BCUT2D eigenvalue weighted by molar-refractivity contribution is -0.127. The fourth-order valence-corrected chi connectivity index (χ4v) is 2.70. The van der Waals surface area contributed by atoms with E-state index in [2.05, 4.69) is 6.92 Å². The van der Waals surface area contributed by atoms with Crippen molar-refractivity contribution in [3.05, 3.63) is 35.4 Å². The van der Waals surface area contributed by atoms with Gasteiger partial charge in [0.2, 0.25) is 0 Å². The van der Waals surface area contributed by atoms with Crippen molar-refractivity contribution in [3.63, 3.8) is 0 Å². The zero-order chi connectivity index (χ0) is 11.8. The van der Waals surface area contributed by atoms with Crippen molar-refractivity contribution in [1.82, 2.24) is 0 Å². The first kappa shape index (κ1) is 11.3. The summed E-state index contributed by atoms with van der Waals surface area (Å²) in [5.74, 6) is 0.724. The SMILES string of the molecule is Cc1ccccc1C1(N)CC(C)CCC1=O. The Labute approximate surface area is 96.8 Å². The zero-order valence-electron chi connectivity index (χ0n) is 9.99. The van der Waals surface area contributed by atoms with Gasteiger partial charge in [0.1, 0.15) is 5.54 Å². The van der Waals surface area contributed by atoms with Gasteiger partial charge in [-0.15, -0.1) is 0 Å². The van der Waals surface area contributed by atoms with Crippen LogP contribution in [0.1, 0.15) is 37.3 Å². The van der Waals surface area contributed by atoms with Crippen LogP contribution in [0, 0.1) is 12.8 Å². The molecule has 0 saturated heterocycles. The van der Waals surface area contributed by atoms with Gasteiger partial charge in [-0.2, -0.15) is 0 Å². The molecule has 1 aromatic carbocycles. The van der Waals surface area contributed by atoms with E-state index in [4.69, 9.17) is 5.73 Å². The van der Waals surface area contributed by atoms with Crippen molar-refractivity contribution in [1.29, 1.82) is 0 Å². The molecule has 1 saturated carbocycles. The number of benzene rings is 1. The number of nitrogens with two attached hydrogens (primary N) is 1. The van der Waals surface area contributed by atoms with Gasteiger partial charge in [-0.3, -0.25) is 4.79 Å². The molecule has 2 unspecified atom stereocenters. The van der Waals surface area contributed by atoms with Gasteiger partial charge in [-0.05, 0) is 36.8 Å².